The molecule has 0 aromatic heterocycles. The third kappa shape index (κ3) is 10.7. The van der Waals surface area contributed by atoms with Crippen molar-refractivity contribution in [3.8, 4) is 5.75 Å². The zero-order valence-electron chi connectivity index (χ0n) is 27.7. The Morgan fingerprint density at radius 3 is 1.43 bits per heavy atom. The Balaban J connectivity index is 1.94. The van der Waals surface area contributed by atoms with Crippen LogP contribution in [0, 0.1) is 41.5 Å². The average Bonchev–Trinajstić information content (AvgIpc) is 2.95. The molecule has 0 aliphatic rings. The first kappa shape index (κ1) is 34.1. The Morgan fingerprint density at radius 2 is 0.929 bits per heavy atom. The highest BCUT2D eigenvalue weighted by molar-refractivity contribution is 5.64. The summed E-state index contributed by atoms with van der Waals surface area (Å²) in [5.41, 5.74) is 15.1. The van der Waals surface area contributed by atoms with Gasteiger partial charge in [-0.3, -0.25) is 0 Å². The number of methoxy groups -OCH3 is 1. The molecule has 0 aliphatic heterocycles. The van der Waals surface area contributed by atoms with E-state index in [0.717, 1.165) is 5.75 Å². The second-order valence-electron chi connectivity index (χ2n) is 11.2. The molecule has 2 aromatic rings. The molecule has 0 saturated heterocycles. The molecule has 0 amide bonds. The van der Waals surface area contributed by atoms with Crippen LogP contribution in [0.25, 0.3) is 12.2 Å². The van der Waals surface area contributed by atoms with E-state index in [9.17, 15) is 0 Å². The highest BCUT2D eigenvalue weighted by atomic mass is 16.5. The van der Waals surface area contributed by atoms with E-state index in [0.29, 0.717) is 0 Å². The summed E-state index contributed by atoms with van der Waals surface area (Å²) in [4.78, 5) is 0. The van der Waals surface area contributed by atoms with Crippen molar-refractivity contribution in [2.45, 2.75) is 69.2 Å². The van der Waals surface area contributed by atoms with Crippen LogP contribution in [-0.4, -0.2) is 7.11 Å². The molecule has 0 aliphatic carbocycles. The van der Waals surface area contributed by atoms with Gasteiger partial charge < -0.3 is 4.74 Å². The fourth-order valence-electron chi connectivity index (χ4n) is 4.53. The zero-order valence-corrected chi connectivity index (χ0v) is 27.7. The molecule has 2 aromatic carbocycles. The molecule has 0 unspecified atom stereocenters. The Kier molecular flexibility index (Phi) is 13.8. The summed E-state index contributed by atoms with van der Waals surface area (Å²) in [6.45, 7) is 21.4. The van der Waals surface area contributed by atoms with E-state index in [1.165, 1.54) is 66.8 Å². The standard InChI is InChI=1S/C41H50O/c1-29(18-14-20-31(3)22-26-39-34(6)25-24-33(5)36(39)8)16-12-13-17-30(2)19-15-21-32(4)23-27-40-35(7)28-41(42-11)38(10)37(40)9/h12-28H,1-11H3. The van der Waals surface area contributed by atoms with Gasteiger partial charge in [-0.2, -0.15) is 0 Å². The Bertz CT molecular complexity index is 1520. The maximum atomic E-state index is 5.50. The van der Waals surface area contributed by atoms with Gasteiger partial charge in [-0.05, 0) is 120 Å². The van der Waals surface area contributed by atoms with E-state index in [1.54, 1.807) is 7.11 Å². The maximum Gasteiger partial charge on any atom is 0.122 e. The second kappa shape index (κ2) is 17.0. The van der Waals surface area contributed by atoms with Gasteiger partial charge in [0, 0.05) is 0 Å². The third-order valence-corrected chi connectivity index (χ3v) is 7.62. The van der Waals surface area contributed by atoms with Crippen LogP contribution in [0.3, 0.4) is 0 Å². The molecule has 42 heavy (non-hydrogen) atoms. The van der Waals surface area contributed by atoms with Gasteiger partial charge in [-0.15, -0.1) is 0 Å². The minimum atomic E-state index is 0.950. The molecule has 1 nitrogen and oxygen atoms in total. The van der Waals surface area contributed by atoms with Gasteiger partial charge in [0.15, 0.2) is 0 Å². The van der Waals surface area contributed by atoms with E-state index in [2.05, 4.69) is 173 Å². The third-order valence-electron chi connectivity index (χ3n) is 7.62. The molecular formula is C41H50O. The van der Waals surface area contributed by atoms with Crippen molar-refractivity contribution in [2.75, 3.05) is 7.11 Å². The molecule has 1 heteroatoms. The zero-order chi connectivity index (χ0) is 31.2. The molecular weight excluding hydrogens is 508 g/mol. The molecule has 0 radical (unpaired) electrons. The number of rotatable bonds is 11. The van der Waals surface area contributed by atoms with Crippen LogP contribution in [-0.2, 0) is 0 Å². The number of ether oxygens (including phenoxy) is 1. The molecule has 0 atom stereocenters. The molecule has 2 rings (SSSR count). The average molecular weight is 559 g/mol. The van der Waals surface area contributed by atoms with Gasteiger partial charge in [0.25, 0.3) is 0 Å². The quantitative estimate of drug-likeness (QED) is 0.249. The van der Waals surface area contributed by atoms with Crippen LogP contribution in [0.15, 0.2) is 113 Å². The SMILES string of the molecule is COc1cc(C)c(C=CC(C)=CC=CC(C)=CC=CC=C(C)C=CC=C(C)C=Cc2c(C)ccc(C)c2C)c(C)c1C. The fraction of sp³-hybridized carbons (Fsp3) is 0.268. The van der Waals surface area contributed by atoms with Crippen LogP contribution in [0.4, 0.5) is 0 Å². The van der Waals surface area contributed by atoms with Crippen LogP contribution < -0.4 is 4.74 Å². The summed E-state index contributed by atoms with van der Waals surface area (Å²) < 4.78 is 5.50. The van der Waals surface area contributed by atoms with Crippen molar-refractivity contribution >= 4 is 12.2 Å². The summed E-state index contributed by atoms with van der Waals surface area (Å²) in [5.74, 6) is 0.950. The van der Waals surface area contributed by atoms with Crippen LogP contribution in [0.1, 0.15) is 72.2 Å². The first-order chi connectivity index (χ1) is 19.9. The topological polar surface area (TPSA) is 9.23 Å². The van der Waals surface area contributed by atoms with Crippen molar-refractivity contribution in [3.63, 3.8) is 0 Å². The van der Waals surface area contributed by atoms with Gasteiger partial charge in [0.05, 0.1) is 7.11 Å². The summed E-state index contributed by atoms with van der Waals surface area (Å²) in [5, 5.41) is 0. The summed E-state index contributed by atoms with van der Waals surface area (Å²) in [7, 11) is 1.73. The molecule has 0 fully saturated rings. The van der Waals surface area contributed by atoms with Crippen molar-refractivity contribution < 1.29 is 4.74 Å². The summed E-state index contributed by atoms with van der Waals surface area (Å²) in [6.07, 6.45) is 30.0. The molecule has 0 N–H and O–H groups in total. The summed E-state index contributed by atoms with van der Waals surface area (Å²) >= 11 is 0. The van der Waals surface area contributed by atoms with Crippen LogP contribution in [0.2, 0.25) is 0 Å². The molecule has 0 saturated carbocycles. The second-order valence-corrected chi connectivity index (χ2v) is 11.2. The van der Waals surface area contributed by atoms with Gasteiger partial charge >= 0.3 is 0 Å². The van der Waals surface area contributed by atoms with Crippen LogP contribution >= 0.6 is 0 Å². The minimum absolute atomic E-state index is 0.950. The Labute approximate surface area is 256 Å². The first-order valence-electron chi connectivity index (χ1n) is 14.7. The lowest BCUT2D eigenvalue weighted by atomic mass is 9.96. The highest BCUT2D eigenvalue weighted by Gasteiger charge is 2.08. The van der Waals surface area contributed by atoms with E-state index in [1.807, 2.05) is 0 Å². The molecule has 220 valence electrons. The highest BCUT2D eigenvalue weighted by Crippen LogP contribution is 2.28. The smallest absolute Gasteiger partial charge is 0.122 e. The first-order valence-corrected chi connectivity index (χ1v) is 14.7. The Hall–Kier alpha value is -4.10. The van der Waals surface area contributed by atoms with Crippen molar-refractivity contribution in [2.24, 2.45) is 0 Å². The number of aryl methyl sites for hydroxylation is 3. The van der Waals surface area contributed by atoms with Gasteiger partial charge in [0.1, 0.15) is 5.75 Å². The van der Waals surface area contributed by atoms with Crippen molar-refractivity contribution in [3.05, 3.63) is 158 Å². The number of hydrogen-bond donors (Lipinski definition) is 0. The van der Waals surface area contributed by atoms with Gasteiger partial charge in [-0.1, -0.05) is 119 Å². The van der Waals surface area contributed by atoms with E-state index < -0.39 is 0 Å². The monoisotopic (exact) mass is 558 g/mol. The predicted octanol–water partition coefficient (Wildman–Crippen LogP) is 11.7. The lowest BCUT2D eigenvalue weighted by Crippen LogP contribution is -1.95. The number of benzene rings is 2. The van der Waals surface area contributed by atoms with E-state index in [4.69, 9.17) is 4.74 Å². The maximum absolute atomic E-state index is 5.50. The normalized spacial score (nSPS) is 14.2. The number of hydrogen-bond acceptors (Lipinski definition) is 1. The lowest BCUT2D eigenvalue weighted by molar-refractivity contribution is 0.411. The minimum Gasteiger partial charge on any atom is -0.496 e. The summed E-state index contributed by atoms with van der Waals surface area (Å²) in [6, 6.07) is 6.50. The predicted molar refractivity (Wildman–Crippen MR) is 188 cm³/mol. The molecule has 0 heterocycles. The van der Waals surface area contributed by atoms with Gasteiger partial charge in [-0.25, -0.2) is 0 Å². The van der Waals surface area contributed by atoms with Crippen LogP contribution in [0.5, 0.6) is 5.75 Å². The number of allylic oxidation sites excluding steroid dienone is 16. The van der Waals surface area contributed by atoms with Crippen molar-refractivity contribution in [1.82, 2.24) is 0 Å². The lowest BCUT2D eigenvalue weighted by Gasteiger charge is -2.13. The Morgan fingerprint density at radius 1 is 0.500 bits per heavy atom. The molecule has 0 spiro atoms. The van der Waals surface area contributed by atoms with Gasteiger partial charge in [0.2, 0.25) is 0 Å². The fourth-order valence-corrected chi connectivity index (χ4v) is 4.53. The van der Waals surface area contributed by atoms with Crippen molar-refractivity contribution in [1.29, 1.82) is 0 Å². The molecule has 0 bridgehead atoms. The van der Waals surface area contributed by atoms with E-state index >= 15 is 0 Å². The van der Waals surface area contributed by atoms with E-state index in [-0.39, 0.29) is 0 Å². The largest absolute Gasteiger partial charge is 0.496 e.